The van der Waals surface area contributed by atoms with E-state index >= 15 is 0 Å². The number of unbranched alkanes of at least 4 members (excludes halogenated alkanes) is 9. The Labute approximate surface area is 146 Å². The van der Waals surface area contributed by atoms with E-state index in [0.29, 0.717) is 0 Å². The number of allylic oxidation sites excluding steroid dienone is 3. The molecule has 0 fully saturated rings. The van der Waals surface area contributed by atoms with Crippen LogP contribution in [0.5, 0.6) is 0 Å². The fourth-order valence-electron chi connectivity index (χ4n) is 3.13. The first kappa shape index (κ1) is 22.2. The Balaban J connectivity index is 3.73. The molecule has 0 aromatic heterocycles. The Kier molecular flexibility index (Phi) is 14.2. The van der Waals surface area contributed by atoms with E-state index in [0.717, 1.165) is 11.0 Å². The number of quaternary nitrogens is 1. The average molecular weight is 321 g/mol. The molecule has 0 aliphatic rings. The number of hydrogen-bond acceptors (Lipinski definition) is 0. The van der Waals surface area contributed by atoms with Crippen LogP contribution in [0.15, 0.2) is 36.5 Å². The summed E-state index contributed by atoms with van der Waals surface area (Å²) in [5, 5.41) is 0. The molecule has 23 heavy (non-hydrogen) atoms. The van der Waals surface area contributed by atoms with Crippen molar-refractivity contribution in [2.24, 2.45) is 0 Å². The molecule has 0 unspecified atom stereocenters. The Morgan fingerprint density at radius 2 is 1.39 bits per heavy atom. The van der Waals surface area contributed by atoms with Crippen LogP contribution in [0.4, 0.5) is 0 Å². The maximum Gasteiger partial charge on any atom is 0.104 e. The molecule has 0 saturated carbocycles. The number of likely N-dealkylation sites (N-methyl/N-ethyl adjacent to an activating group) is 1. The van der Waals surface area contributed by atoms with E-state index < -0.39 is 0 Å². The highest BCUT2D eigenvalue weighted by atomic mass is 15.3. The van der Waals surface area contributed by atoms with E-state index in [1.165, 1.54) is 76.3 Å². The number of hydrogen-bond donors (Lipinski definition) is 0. The highest BCUT2D eigenvalue weighted by molar-refractivity contribution is 5.22. The van der Waals surface area contributed by atoms with Crippen LogP contribution >= 0.6 is 0 Å². The van der Waals surface area contributed by atoms with Crippen LogP contribution in [0.2, 0.25) is 0 Å². The Morgan fingerprint density at radius 3 is 1.87 bits per heavy atom. The number of nitrogens with zero attached hydrogens (tertiary/aromatic N) is 1. The molecule has 0 aliphatic carbocycles. The molecule has 0 saturated heterocycles. The van der Waals surface area contributed by atoms with Crippen LogP contribution in [0, 0.1) is 0 Å². The third kappa shape index (κ3) is 14.5. The quantitative estimate of drug-likeness (QED) is 0.179. The molecule has 0 aromatic rings. The van der Waals surface area contributed by atoms with Crippen molar-refractivity contribution in [3.05, 3.63) is 36.5 Å². The van der Waals surface area contributed by atoms with Crippen molar-refractivity contribution in [1.29, 1.82) is 0 Å². The summed E-state index contributed by atoms with van der Waals surface area (Å²) in [5.74, 6) is 0. The van der Waals surface area contributed by atoms with Crippen molar-refractivity contribution in [3.63, 3.8) is 0 Å². The van der Waals surface area contributed by atoms with Gasteiger partial charge >= 0.3 is 0 Å². The minimum absolute atomic E-state index is 1.07. The summed E-state index contributed by atoms with van der Waals surface area (Å²) in [4.78, 5) is 0. The summed E-state index contributed by atoms with van der Waals surface area (Å²) in [6.45, 7) is 10.5. The summed E-state index contributed by atoms with van der Waals surface area (Å²) < 4.78 is 1.07. The molecule has 0 spiro atoms. The molecule has 0 atom stereocenters. The van der Waals surface area contributed by atoms with Crippen molar-refractivity contribution in [2.45, 2.75) is 78.1 Å². The number of rotatable bonds is 15. The highest BCUT2D eigenvalue weighted by Crippen LogP contribution is 2.13. The maximum atomic E-state index is 3.82. The average Bonchev–Trinajstić information content (AvgIpc) is 2.49. The highest BCUT2D eigenvalue weighted by Gasteiger charge is 2.15. The van der Waals surface area contributed by atoms with Crippen LogP contribution in [-0.2, 0) is 0 Å². The van der Waals surface area contributed by atoms with Crippen LogP contribution in [-0.4, -0.2) is 31.7 Å². The van der Waals surface area contributed by atoms with Gasteiger partial charge in [0.25, 0.3) is 0 Å². The molecule has 0 N–H and O–H groups in total. The molecule has 1 heteroatoms. The monoisotopic (exact) mass is 320 g/mol. The predicted molar refractivity (Wildman–Crippen MR) is 107 cm³/mol. The van der Waals surface area contributed by atoms with Gasteiger partial charge < -0.3 is 4.48 Å². The lowest BCUT2D eigenvalue weighted by atomic mass is 10.1. The lowest BCUT2D eigenvalue weighted by Crippen LogP contribution is -2.41. The molecule has 0 radical (unpaired) electrons. The standard InChI is InChI=1S/C22H42N/c1-6-9-10-11-12-13-14-15-16-17-20-23(4,5)21-22(18-7-2)19-8-3/h7-8,18-19H,2,6,9-17,20-21H2,1,3-5H3/q+1/b19-8-,22-18+. The summed E-state index contributed by atoms with van der Waals surface area (Å²) in [6.07, 6.45) is 22.5. The van der Waals surface area contributed by atoms with Crippen molar-refractivity contribution in [2.75, 3.05) is 27.2 Å². The zero-order valence-electron chi connectivity index (χ0n) is 16.4. The Bertz CT molecular complexity index is 336. The third-order valence-electron chi connectivity index (χ3n) is 4.44. The molecule has 1 nitrogen and oxygen atoms in total. The topological polar surface area (TPSA) is 0 Å². The lowest BCUT2D eigenvalue weighted by molar-refractivity contribution is -0.885. The van der Waals surface area contributed by atoms with Crippen molar-refractivity contribution in [1.82, 2.24) is 0 Å². The fourth-order valence-corrected chi connectivity index (χ4v) is 3.13. The van der Waals surface area contributed by atoms with E-state index in [9.17, 15) is 0 Å². The van der Waals surface area contributed by atoms with Crippen LogP contribution < -0.4 is 0 Å². The molecule has 0 aromatic carbocycles. The first-order valence-corrected chi connectivity index (χ1v) is 9.82. The van der Waals surface area contributed by atoms with E-state index in [2.05, 4.69) is 52.7 Å². The smallest absolute Gasteiger partial charge is 0.104 e. The molecule has 0 bridgehead atoms. The minimum atomic E-state index is 1.07. The summed E-state index contributed by atoms with van der Waals surface area (Å²) >= 11 is 0. The van der Waals surface area contributed by atoms with Gasteiger partial charge in [0, 0.05) is 5.57 Å². The van der Waals surface area contributed by atoms with Gasteiger partial charge in [-0.1, -0.05) is 89.2 Å². The van der Waals surface area contributed by atoms with E-state index in [1.807, 2.05) is 6.08 Å². The van der Waals surface area contributed by atoms with Gasteiger partial charge in [0.1, 0.15) is 6.54 Å². The molecule has 0 amide bonds. The minimum Gasteiger partial charge on any atom is -0.325 e. The largest absolute Gasteiger partial charge is 0.325 e. The van der Waals surface area contributed by atoms with E-state index in [1.54, 1.807) is 0 Å². The van der Waals surface area contributed by atoms with Crippen molar-refractivity contribution in [3.8, 4) is 0 Å². The summed E-state index contributed by atoms with van der Waals surface area (Å²) in [7, 11) is 4.68. The van der Waals surface area contributed by atoms with Gasteiger partial charge in [-0.25, -0.2) is 0 Å². The predicted octanol–water partition coefficient (Wildman–Crippen LogP) is 6.67. The zero-order valence-corrected chi connectivity index (χ0v) is 16.4. The molecule has 0 aliphatic heterocycles. The normalized spacial score (nSPS) is 13.0. The van der Waals surface area contributed by atoms with E-state index in [4.69, 9.17) is 0 Å². The van der Waals surface area contributed by atoms with Crippen LogP contribution in [0.1, 0.15) is 78.1 Å². The summed E-state index contributed by atoms with van der Waals surface area (Å²) in [5.41, 5.74) is 1.37. The van der Waals surface area contributed by atoms with E-state index in [-0.39, 0.29) is 0 Å². The van der Waals surface area contributed by atoms with Gasteiger partial charge in [-0.15, -0.1) is 0 Å². The van der Waals surface area contributed by atoms with Gasteiger partial charge in [0.05, 0.1) is 20.6 Å². The SMILES string of the molecule is C=C/C=C(\C=C/C)C[N+](C)(C)CCCCCCCCCCCC. The second kappa shape index (κ2) is 14.8. The molecule has 0 rings (SSSR count). The van der Waals surface area contributed by atoms with Crippen molar-refractivity contribution >= 4 is 0 Å². The summed E-state index contributed by atoms with van der Waals surface area (Å²) in [6, 6.07) is 0. The van der Waals surface area contributed by atoms with Gasteiger partial charge in [-0.2, -0.15) is 0 Å². The second-order valence-corrected chi connectivity index (χ2v) is 7.48. The third-order valence-corrected chi connectivity index (χ3v) is 4.44. The molecule has 134 valence electrons. The molecular weight excluding hydrogens is 278 g/mol. The van der Waals surface area contributed by atoms with Gasteiger partial charge in [-0.05, 0) is 19.8 Å². The first-order chi connectivity index (χ1) is 11.1. The maximum absolute atomic E-state index is 3.82. The Hall–Kier alpha value is -0.820. The first-order valence-electron chi connectivity index (χ1n) is 9.82. The zero-order chi connectivity index (χ0) is 17.4. The molecular formula is C22H42N+. The van der Waals surface area contributed by atoms with Crippen LogP contribution in [0.25, 0.3) is 0 Å². The second-order valence-electron chi connectivity index (χ2n) is 7.48. The van der Waals surface area contributed by atoms with Gasteiger partial charge in [0.15, 0.2) is 0 Å². The molecule has 0 heterocycles. The lowest BCUT2D eigenvalue weighted by Gasteiger charge is -2.30. The van der Waals surface area contributed by atoms with Gasteiger partial charge in [-0.3, -0.25) is 0 Å². The van der Waals surface area contributed by atoms with Gasteiger partial charge in [0.2, 0.25) is 0 Å². The fraction of sp³-hybridized carbons (Fsp3) is 0.727. The van der Waals surface area contributed by atoms with Crippen LogP contribution in [0.3, 0.4) is 0 Å². The Morgan fingerprint density at radius 1 is 0.870 bits per heavy atom. The van der Waals surface area contributed by atoms with Crippen molar-refractivity contribution < 1.29 is 4.48 Å².